The van der Waals surface area contributed by atoms with Gasteiger partial charge >= 0.3 is 0 Å². The van der Waals surface area contributed by atoms with Gasteiger partial charge in [-0.3, -0.25) is 0 Å². The van der Waals surface area contributed by atoms with Crippen LogP contribution in [0.5, 0.6) is 0 Å². The van der Waals surface area contributed by atoms with E-state index in [1.807, 2.05) is 42.5 Å². The highest BCUT2D eigenvalue weighted by Crippen LogP contribution is 2.34. The zero-order valence-electron chi connectivity index (χ0n) is 15.7. The molecule has 3 aromatic carbocycles. The highest BCUT2D eigenvalue weighted by atomic mass is 31.1. The molecule has 5 rings (SSSR count). The van der Waals surface area contributed by atoms with Crippen molar-refractivity contribution in [1.29, 1.82) is 0 Å². The number of rotatable bonds is 4. The third-order valence-corrected chi connectivity index (χ3v) is 7.15. The van der Waals surface area contributed by atoms with Crippen LogP contribution in [0, 0.1) is 0 Å². The van der Waals surface area contributed by atoms with Gasteiger partial charge < -0.3 is 0 Å². The summed E-state index contributed by atoms with van der Waals surface area (Å²) in [6.07, 6.45) is 1.66. The molecule has 0 aliphatic heterocycles. The second-order valence-corrected chi connectivity index (χ2v) is 8.76. The molecule has 138 valence electrons. The van der Waals surface area contributed by atoms with Gasteiger partial charge in [0.1, 0.15) is 17.3 Å². The maximum atomic E-state index is 5.01. The summed E-state index contributed by atoms with van der Waals surface area (Å²) in [6, 6.07) is 35.4. The Morgan fingerprint density at radius 2 is 1.14 bits per heavy atom. The molecule has 0 aliphatic carbocycles. The normalized spacial score (nSPS) is 11.1. The third-order valence-electron chi connectivity index (χ3n) is 4.77. The minimum Gasteiger partial charge on any atom is -0.244 e. The van der Waals surface area contributed by atoms with Gasteiger partial charge in [0.2, 0.25) is 0 Å². The molecule has 29 heavy (non-hydrogen) atoms. The highest BCUT2D eigenvalue weighted by molar-refractivity contribution is 7.80. The lowest BCUT2D eigenvalue weighted by Gasteiger charge is -2.19. The summed E-state index contributed by atoms with van der Waals surface area (Å²) in [7, 11) is -0.841. The SMILES string of the molecule is c1ccc(-c2ccc3ncnc(P(c4ccccc4)c4ccccc4)c3n2)cc1. The predicted molar refractivity (Wildman–Crippen MR) is 121 cm³/mol. The van der Waals surface area contributed by atoms with E-state index in [1.54, 1.807) is 6.33 Å². The summed E-state index contributed by atoms with van der Waals surface area (Å²) in [5.41, 5.74) is 4.75. The summed E-state index contributed by atoms with van der Waals surface area (Å²) in [4.78, 5) is 14.2. The van der Waals surface area contributed by atoms with Crippen LogP contribution in [0.1, 0.15) is 0 Å². The fraction of sp³-hybridized carbons (Fsp3) is 0. The molecule has 0 N–H and O–H groups in total. The molecule has 0 aliphatic rings. The van der Waals surface area contributed by atoms with Crippen molar-refractivity contribution in [3.63, 3.8) is 0 Å². The number of nitrogens with zero attached hydrogens (tertiary/aromatic N) is 3. The van der Waals surface area contributed by atoms with Gasteiger partial charge in [0, 0.05) is 13.5 Å². The van der Waals surface area contributed by atoms with E-state index in [1.165, 1.54) is 10.6 Å². The van der Waals surface area contributed by atoms with E-state index < -0.39 is 7.92 Å². The molecule has 0 saturated carbocycles. The smallest absolute Gasteiger partial charge is 0.116 e. The Hall–Kier alpha value is -3.42. The first-order valence-electron chi connectivity index (χ1n) is 9.47. The van der Waals surface area contributed by atoms with Crippen LogP contribution < -0.4 is 16.0 Å². The molecule has 3 nitrogen and oxygen atoms in total. The van der Waals surface area contributed by atoms with Crippen LogP contribution in [0.25, 0.3) is 22.3 Å². The monoisotopic (exact) mass is 391 g/mol. The van der Waals surface area contributed by atoms with Crippen molar-refractivity contribution in [2.45, 2.75) is 0 Å². The van der Waals surface area contributed by atoms with Crippen LogP contribution in [0.15, 0.2) is 109 Å². The summed E-state index contributed by atoms with van der Waals surface area (Å²) in [5, 5.41) is 2.50. The fourth-order valence-corrected chi connectivity index (χ4v) is 5.68. The van der Waals surface area contributed by atoms with Crippen molar-refractivity contribution in [3.05, 3.63) is 109 Å². The number of fused-ring (bicyclic) bond motifs is 1. The van der Waals surface area contributed by atoms with E-state index in [0.29, 0.717) is 0 Å². The quantitative estimate of drug-likeness (QED) is 0.425. The van der Waals surface area contributed by atoms with Crippen LogP contribution in [0.4, 0.5) is 0 Å². The summed E-state index contributed by atoms with van der Waals surface area (Å²) < 4.78 is 0. The van der Waals surface area contributed by atoms with Crippen molar-refractivity contribution in [3.8, 4) is 11.3 Å². The molecule has 5 aromatic rings. The molecular formula is C25H18N3P. The van der Waals surface area contributed by atoms with E-state index in [2.05, 4.69) is 65.6 Å². The van der Waals surface area contributed by atoms with Crippen molar-refractivity contribution in [1.82, 2.24) is 15.0 Å². The Balaban J connectivity index is 1.75. The summed E-state index contributed by atoms with van der Waals surface area (Å²) >= 11 is 0. The minimum atomic E-state index is -0.841. The predicted octanol–water partition coefficient (Wildman–Crippen LogP) is 4.45. The molecule has 2 aromatic heterocycles. The molecule has 0 spiro atoms. The average molecular weight is 391 g/mol. The van der Waals surface area contributed by atoms with Gasteiger partial charge in [0.25, 0.3) is 0 Å². The molecule has 0 fully saturated rings. The lowest BCUT2D eigenvalue weighted by Crippen LogP contribution is -2.24. The lowest BCUT2D eigenvalue weighted by molar-refractivity contribution is 1.23. The van der Waals surface area contributed by atoms with Crippen molar-refractivity contribution in [2.75, 3.05) is 0 Å². The van der Waals surface area contributed by atoms with Crippen molar-refractivity contribution < 1.29 is 0 Å². The lowest BCUT2D eigenvalue weighted by atomic mass is 10.1. The molecule has 0 bridgehead atoms. The standard InChI is InChI=1S/C25H18N3P/c1-4-10-19(11-5-1)22-16-17-23-24(28-22)25(27-18-26-23)29(20-12-6-2-7-13-20)21-14-8-3-9-15-21/h1-18H. The van der Waals surface area contributed by atoms with Gasteiger partial charge in [-0.1, -0.05) is 91.0 Å². The largest absolute Gasteiger partial charge is 0.244 e. The molecule has 0 unspecified atom stereocenters. The Morgan fingerprint density at radius 3 is 1.76 bits per heavy atom. The minimum absolute atomic E-state index is 0.841. The molecule has 4 heteroatoms. The third kappa shape index (κ3) is 3.53. The Morgan fingerprint density at radius 1 is 0.552 bits per heavy atom. The van der Waals surface area contributed by atoms with Crippen LogP contribution in [0.2, 0.25) is 0 Å². The second kappa shape index (κ2) is 7.90. The van der Waals surface area contributed by atoms with E-state index in [4.69, 9.17) is 9.97 Å². The zero-order valence-corrected chi connectivity index (χ0v) is 16.6. The topological polar surface area (TPSA) is 38.7 Å². The van der Waals surface area contributed by atoms with Crippen molar-refractivity contribution in [2.24, 2.45) is 0 Å². The van der Waals surface area contributed by atoms with E-state index in [9.17, 15) is 0 Å². The van der Waals surface area contributed by atoms with Crippen LogP contribution in [0.3, 0.4) is 0 Å². The molecule has 0 radical (unpaired) electrons. The number of pyridine rings is 1. The van der Waals surface area contributed by atoms with Gasteiger partial charge in [-0.05, 0) is 22.7 Å². The first-order valence-corrected chi connectivity index (χ1v) is 10.8. The van der Waals surface area contributed by atoms with Crippen molar-refractivity contribution >= 4 is 35.0 Å². The fourth-order valence-electron chi connectivity index (χ4n) is 3.41. The van der Waals surface area contributed by atoms with Gasteiger partial charge in [-0.2, -0.15) is 0 Å². The van der Waals surface area contributed by atoms with Crippen LogP contribution in [-0.2, 0) is 0 Å². The van der Waals surface area contributed by atoms with Crippen LogP contribution >= 0.6 is 7.92 Å². The molecule has 0 atom stereocenters. The van der Waals surface area contributed by atoms with E-state index >= 15 is 0 Å². The number of hydrogen-bond donors (Lipinski definition) is 0. The van der Waals surface area contributed by atoms with Gasteiger partial charge in [-0.15, -0.1) is 0 Å². The number of aromatic nitrogens is 3. The zero-order chi connectivity index (χ0) is 19.5. The average Bonchev–Trinajstić information content (AvgIpc) is 2.81. The van der Waals surface area contributed by atoms with Gasteiger partial charge in [0.15, 0.2) is 0 Å². The first kappa shape index (κ1) is 17.7. The molecule has 0 amide bonds. The first-order chi connectivity index (χ1) is 14.4. The Labute approximate surface area is 170 Å². The Bertz CT molecular complexity index is 1200. The summed E-state index contributed by atoms with van der Waals surface area (Å²) in [5.74, 6) is 0. The van der Waals surface area contributed by atoms with E-state index in [-0.39, 0.29) is 0 Å². The Kier molecular flexibility index (Phi) is 4.81. The van der Waals surface area contributed by atoms with E-state index in [0.717, 1.165) is 27.7 Å². The number of hydrogen-bond acceptors (Lipinski definition) is 3. The maximum absolute atomic E-state index is 5.01. The summed E-state index contributed by atoms with van der Waals surface area (Å²) in [6.45, 7) is 0. The molecule has 2 heterocycles. The maximum Gasteiger partial charge on any atom is 0.116 e. The van der Waals surface area contributed by atoms with Crippen LogP contribution in [-0.4, -0.2) is 15.0 Å². The molecular weight excluding hydrogens is 373 g/mol. The number of benzene rings is 3. The molecule has 0 saturated heterocycles. The van der Waals surface area contributed by atoms with Gasteiger partial charge in [-0.25, -0.2) is 15.0 Å². The highest BCUT2D eigenvalue weighted by Gasteiger charge is 2.21. The van der Waals surface area contributed by atoms with Gasteiger partial charge in [0.05, 0.1) is 11.2 Å². The second-order valence-electron chi connectivity index (χ2n) is 6.63.